The molecule has 4 heteroatoms. The Labute approximate surface area is 165 Å². The lowest BCUT2D eigenvalue weighted by molar-refractivity contribution is -0.126. The highest BCUT2D eigenvalue weighted by Gasteiger charge is 2.57. The second-order valence-electron chi connectivity index (χ2n) is 8.16. The van der Waals surface area contributed by atoms with E-state index in [0.717, 1.165) is 12.0 Å². The Balaban J connectivity index is 1.40. The van der Waals surface area contributed by atoms with Gasteiger partial charge in [0.25, 0.3) is 5.91 Å². The zero-order chi connectivity index (χ0) is 19.1. The summed E-state index contributed by atoms with van der Waals surface area (Å²) in [4.78, 5) is 28.3. The molecule has 1 heterocycles. The predicted molar refractivity (Wildman–Crippen MR) is 107 cm³/mol. The molecule has 0 radical (unpaired) electrons. The highest BCUT2D eigenvalue weighted by atomic mass is 16.2. The van der Waals surface area contributed by atoms with E-state index >= 15 is 0 Å². The van der Waals surface area contributed by atoms with Crippen LogP contribution >= 0.6 is 0 Å². The maximum atomic E-state index is 13.3. The Hall–Kier alpha value is -2.88. The Morgan fingerprint density at radius 3 is 2.36 bits per heavy atom. The van der Waals surface area contributed by atoms with Crippen LogP contribution in [0.1, 0.15) is 22.3 Å². The molecule has 3 aliphatic rings. The van der Waals surface area contributed by atoms with E-state index in [9.17, 15) is 9.59 Å². The maximum Gasteiger partial charge on any atom is 0.254 e. The van der Waals surface area contributed by atoms with E-state index in [1.54, 1.807) is 0 Å². The van der Waals surface area contributed by atoms with E-state index < -0.39 is 0 Å². The molecule has 5 atom stereocenters. The highest BCUT2D eigenvalue weighted by molar-refractivity contribution is 5.98. The number of amides is 2. The van der Waals surface area contributed by atoms with Crippen LogP contribution in [0.3, 0.4) is 0 Å². The van der Waals surface area contributed by atoms with Gasteiger partial charge < -0.3 is 10.2 Å². The van der Waals surface area contributed by atoms with Crippen LogP contribution in [0.4, 0.5) is 0 Å². The molecule has 2 aliphatic carbocycles. The zero-order valence-corrected chi connectivity index (χ0v) is 15.7. The molecule has 142 valence electrons. The topological polar surface area (TPSA) is 49.4 Å². The van der Waals surface area contributed by atoms with Gasteiger partial charge in [-0.1, -0.05) is 60.7 Å². The molecule has 28 heavy (non-hydrogen) atoms. The van der Waals surface area contributed by atoms with E-state index in [4.69, 9.17) is 0 Å². The van der Waals surface area contributed by atoms with E-state index in [1.807, 2.05) is 65.6 Å². The van der Waals surface area contributed by atoms with Gasteiger partial charge in [0.05, 0.1) is 0 Å². The van der Waals surface area contributed by atoms with Crippen LogP contribution in [-0.2, 0) is 11.3 Å². The fraction of sp³-hybridized carbons (Fsp3) is 0.333. The number of carbonyl (C=O) groups is 2. The van der Waals surface area contributed by atoms with Crippen LogP contribution in [0.5, 0.6) is 0 Å². The van der Waals surface area contributed by atoms with Crippen molar-refractivity contribution in [3.05, 3.63) is 83.9 Å². The van der Waals surface area contributed by atoms with Gasteiger partial charge in [0.2, 0.25) is 5.91 Å². The number of likely N-dealkylation sites (tertiary alicyclic amines) is 1. The van der Waals surface area contributed by atoms with Crippen LogP contribution in [-0.4, -0.2) is 29.3 Å². The fourth-order valence-electron chi connectivity index (χ4n) is 5.40. The molecule has 4 nitrogen and oxygen atoms in total. The largest absolute Gasteiger partial charge is 0.350 e. The molecular weight excluding hydrogens is 348 g/mol. The lowest BCUT2D eigenvalue weighted by Crippen LogP contribution is -2.49. The molecule has 0 spiro atoms. The summed E-state index contributed by atoms with van der Waals surface area (Å²) >= 11 is 0. The molecule has 2 aromatic carbocycles. The molecule has 5 rings (SSSR count). The van der Waals surface area contributed by atoms with E-state index in [0.29, 0.717) is 36.4 Å². The van der Waals surface area contributed by atoms with Crippen LogP contribution in [0.15, 0.2) is 72.8 Å². The van der Waals surface area contributed by atoms with Gasteiger partial charge in [0.15, 0.2) is 0 Å². The van der Waals surface area contributed by atoms with E-state index in [2.05, 4.69) is 17.5 Å². The molecule has 1 saturated carbocycles. The monoisotopic (exact) mass is 372 g/mol. The average Bonchev–Trinajstić information content (AvgIpc) is 3.45. The van der Waals surface area contributed by atoms with Gasteiger partial charge in [-0.2, -0.15) is 0 Å². The maximum absolute atomic E-state index is 13.3. The lowest BCUT2D eigenvalue weighted by Gasteiger charge is -2.29. The van der Waals surface area contributed by atoms with Crippen molar-refractivity contribution in [3.63, 3.8) is 0 Å². The SMILES string of the molecule is O=C(NCc1ccccc1)[C@@H]1[C@@H]2[C@H](CN1C(=O)c1ccccc1)[C@@H]1C=C[C@H]2C1. The minimum atomic E-state index is -0.388. The van der Waals surface area contributed by atoms with Crippen LogP contribution in [0.25, 0.3) is 0 Å². The Morgan fingerprint density at radius 2 is 1.61 bits per heavy atom. The first-order chi connectivity index (χ1) is 13.7. The van der Waals surface area contributed by atoms with Gasteiger partial charge in [-0.15, -0.1) is 0 Å². The van der Waals surface area contributed by atoms with Crippen LogP contribution in [0.2, 0.25) is 0 Å². The summed E-state index contributed by atoms with van der Waals surface area (Å²) in [7, 11) is 0. The van der Waals surface area contributed by atoms with Gasteiger partial charge in [-0.3, -0.25) is 9.59 Å². The number of nitrogens with one attached hydrogen (secondary N) is 1. The highest BCUT2D eigenvalue weighted by Crippen LogP contribution is 2.54. The first kappa shape index (κ1) is 17.2. The molecule has 2 aromatic rings. The summed E-state index contributed by atoms with van der Waals surface area (Å²) in [6, 6.07) is 18.9. The van der Waals surface area contributed by atoms with Crippen LogP contribution in [0, 0.1) is 23.7 Å². The summed E-state index contributed by atoms with van der Waals surface area (Å²) in [5, 5.41) is 3.09. The number of hydrogen-bond acceptors (Lipinski definition) is 2. The molecule has 1 N–H and O–H groups in total. The Bertz CT molecular complexity index is 909. The minimum absolute atomic E-state index is 0.0263. The van der Waals surface area contributed by atoms with Crippen molar-refractivity contribution in [2.45, 2.75) is 19.0 Å². The van der Waals surface area contributed by atoms with Gasteiger partial charge in [-0.25, -0.2) is 0 Å². The predicted octanol–water partition coefficient (Wildman–Crippen LogP) is 3.27. The molecule has 1 aliphatic heterocycles. The average molecular weight is 372 g/mol. The van der Waals surface area contributed by atoms with E-state index in [-0.39, 0.29) is 23.8 Å². The molecule has 2 bridgehead atoms. The smallest absolute Gasteiger partial charge is 0.254 e. The number of fused-ring (bicyclic) bond motifs is 5. The van der Waals surface area contributed by atoms with Gasteiger partial charge >= 0.3 is 0 Å². The molecule has 2 amide bonds. The standard InChI is InChI=1S/C24H24N2O2/c27-23(25-14-16-7-3-1-4-8-16)22-21-19-12-11-18(13-19)20(21)15-26(22)24(28)17-9-5-2-6-10-17/h1-12,18-22H,13-15H2,(H,25,27)/t18-,19+,20-,21+,22+/m1/s1. The third kappa shape index (κ3) is 2.84. The summed E-state index contributed by atoms with van der Waals surface area (Å²) in [6.45, 7) is 1.16. The zero-order valence-electron chi connectivity index (χ0n) is 15.7. The second-order valence-corrected chi connectivity index (χ2v) is 8.16. The first-order valence-electron chi connectivity index (χ1n) is 10.1. The Kier molecular flexibility index (Phi) is 4.27. The third-order valence-corrected chi connectivity index (χ3v) is 6.66. The van der Waals surface area contributed by atoms with Crippen molar-refractivity contribution in [1.82, 2.24) is 10.2 Å². The molecule has 0 aromatic heterocycles. The number of carbonyl (C=O) groups excluding carboxylic acids is 2. The Morgan fingerprint density at radius 1 is 0.929 bits per heavy atom. The quantitative estimate of drug-likeness (QED) is 0.838. The number of nitrogens with zero attached hydrogens (tertiary/aromatic N) is 1. The molecule has 2 fully saturated rings. The number of hydrogen-bond donors (Lipinski definition) is 1. The van der Waals surface area contributed by atoms with Crippen molar-refractivity contribution >= 4 is 11.8 Å². The van der Waals surface area contributed by atoms with Crippen molar-refractivity contribution in [2.24, 2.45) is 23.7 Å². The van der Waals surface area contributed by atoms with Crippen molar-refractivity contribution < 1.29 is 9.59 Å². The summed E-state index contributed by atoms with van der Waals surface area (Å²) < 4.78 is 0. The van der Waals surface area contributed by atoms with Gasteiger partial charge in [0, 0.05) is 18.7 Å². The third-order valence-electron chi connectivity index (χ3n) is 6.66. The second kappa shape index (κ2) is 6.93. The lowest BCUT2D eigenvalue weighted by atomic mass is 9.81. The molecule has 0 unspecified atom stereocenters. The number of allylic oxidation sites excluding steroid dienone is 2. The van der Waals surface area contributed by atoms with Gasteiger partial charge in [-0.05, 0) is 47.8 Å². The summed E-state index contributed by atoms with van der Waals surface area (Å²) in [5.41, 5.74) is 1.72. The number of benzene rings is 2. The molecule has 1 saturated heterocycles. The fourth-order valence-corrected chi connectivity index (χ4v) is 5.40. The van der Waals surface area contributed by atoms with Crippen molar-refractivity contribution in [2.75, 3.05) is 6.54 Å². The van der Waals surface area contributed by atoms with Gasteiger partial charge in [0.1, 0.15) is 6.04 Å². The summed E-state index contributed by atoms with van der Waals surface area (Å²) in [6.07, 6.45) is 5.69. The minimum Gasteiger partial charge on any atom is -0.350 e. The van der Waals surface area contributed by atoms with Crippen LogP contribution < -0.4 is 5.32 Å². The normalized spacial score (nSPS) is 29.7. The van der Waals surface area contributed by atoms with E-state index in [1.165, 1.54) is 0 Å². The number of rotatable bonds is 4. The molecular formula is C24H24N2O2. The van der Waals surface area contributed by atoms with Crippen molar-refractivity contribution in [1.29, 1.82) is 0 Å². The first-order valence-corrected chi connectivity index (χ1v) is 10.1. The van der Waals surface area contributed by atoms with Crippen molar-refractivity contribution in [3.8, 4) is 0 Å². The summed E-state index contributed by atoms with van der Waals surface area (Å²) in [5.74, 6) is 1.49.